The zero-order chi connectivity index (χ0) is 10.8. The quantitative estimate of drug-likeness (QED) is 0.689. The lowest BCUT2D eigenvalue weighted by Crippen LogP contribution is -2.17. The summed E-state index contributed by atoms with van der Waals surface area (Å²) in [5.74, 6) is -1.05. The van der Waals surface area contributed by atoms with Crippen molar-refractivity contribution in [1.29, 1.82) is 0 Å². The highest BCUT2D eigenvalue weighted by molar-refractivity contribution is 5.82. The average molecular weight is 209 g/mol. The molecule has 0 amide bonds. The molecule has 1 aromatic carbocycles. The van der Waals surface area contributed by atoms with Crippen LogP contribution in [0.15, 0.2) is 30.0 Å². The number of aliphatic carboxylic acids is 1. The summed E-state index contributed by atoms with van der Waals surface area (Å²) in [6.45, 7) is 0.1000. The molecule has 4 nitrogen and oxygen atoms in total. The van der Waals surface area contributed by atoms with Crippen LogP contribution < -0.4 is 10.1 Å². The van der Waals surface area contributed by atoms with E-state index >= 15 is 0 Å². The molecular weight excluding hydrogens is 201 g/mol. The molecule has 15 heavy (non-hydrogen) atoms. The first-order valence-electron chi connectivity index (χ1n) is 4.28. The van der Waals surface area contributed by atoms with E-state index in [2.05, 4.69) is 5.32 Å². The number of fused-ring (bicyclic) bond motifs is 1. The van der Waals surface area contributed by atoms with Crippen molar-refractivity contribution >= 4 is 11.7 Å². The predicted molar refractivity (Wildman–Crippen MR) is 51.2 cm³/mol. The molecule has 0 fully saturated rings. The summed E-state index contributed by atoms with van der Waals surface area (Å²) in [5, 5.41) is 11.4. The van der Waals surface area contributed by atoms with Crippen LogP contribution >= 0.6 is 0 Å². The van der Waals surface area contributed by atoms with Crippen LogP contribution in [0, 0.1) is 5.82 Å². The molecule has 0 unspecified atom stereocenters. The Hall–Kier alpha value is -2.04. The Balaban J connectivity index is 2.28. The van der Waals surface area contributed by atoms with Crippen LogP contribution in [0.5, 0.6) is 5.75 Å². The van der Waals surface area contributed by atoms with Crippen LogP contribution in [0.3, 0.4) is 0 Å². The van der Waals surface area contributed by atoms with Gasteiger partial charge >= 0.3 is 5.97 Å². The van der Waals surface area contributed by atoms with E-state index < -0.39 is 5.97 Å². The zero-order valence-electron chi connectivity index (χ0n) is 7.66. The summed E-state index contributed by atoms with van der Waals surface area (Å²) in [5.41, 5.74) is 0.997. The van der Waals surface area contributed by atoms with E-state index in [0.29, 0.717) is 17.1 Å². The SMILES string of the molecule is O=C(O)/C=C1/COc2cc(F)ccc2N1. The molecule has 0 spiro atoms. The number of halogens is 1. The van der Waals surface area contributed by atoms with Crippen LogP contribution in [0.2, 0.25) is 0 Å². The van der Waals surface area contributed by atoms with Crippen molar-refractivity contribution in [2.45, 2.75) is 0 Å². The lowest BCUT2D eigenvalue weighted by Gasteiger charge is -2.21. The first-order chi connectivity index (χ1) is 7.15. The van der Waals surface area contributed by atoms with E-state index in [9.17, 15) is 9.18 Å². The van der Waals surface area contributed by atoms with E-state index in [1.165, 1.54) is 18.2 Å². The van der Waals surface area contributed by atoms with Crippen molar-refractivity contribution < 1.29 is 19.0 Å². The molecule has 0 aromatic heterocycles. The zero-order valence-corrected chi connectivity index (χ0v) is 7.66. The third-order valence-electron chi connectivity index (χ3n) is 1.92. The van der Waals surface area contributed by atoms with Crippen molar-refractivity contribution in [1.82, 2.24) is 0 Å². The summed E-state index contributed by atoms with van der Waals surface area (Å²) >= 11 is 0. The van der Waals surface area contributed by atoms with Crippen LogP contribution in [0.4, 0.5) is 10.1 Å². The maximum Gasteiger partial charge on any atom is 0.330 e. The Labute approximate surface area is 85.0 Å². The number of carboxylic acids is 1. The first-order valence-corrected chi connectivity index (χ1v) is 4.28. The average Bonchev–Trinajstić information content (AvgIpc) is 2.17. The molecule has 2 rings (SSSR count). The lowest BCUT2D eigenvalue weighted by atomic mass is 10.2. The number of ether oxygens (including phenoxy) is 1. The number of anilines is 1. The van der Waals surface area contributed by atoms with E-state index in [1.807, 2.05) is 0 Å². The van der Waals surface area contributed by atoms with E-state index in [0.717, 1.165) is 6.08 Å². The number of benzene rings is 1. The van der Waals surface area contributed by atoms with Crippen molar-refractivity contribution in [2.75, 3.05) is 11.9 Å². The van der Waals surface area contributed by atoms with Gasteiger partial charge in [-0.25, -0.2) is 9.18 Å². The van der Waals surface area contributed by atoms with Crippen molar-refractivity contribution in [3.63, 3.8) is 0 Å². The molecule has 2 N–H and O–H groups in total. The van der Waals surface area contributed by atoms with E-state index in [-0.39, 0.29) is 12.4 Å². The largest absolute Gasteiger partial charge is 0.485 e. The highest BCUT2D eigenvalue weighted by Crippen LogP contribution is 2.30. The number of nitrogens with one attached hydrogen (secondary N) is 1. The van der Waals surface area contributed by atoms with Gasteiger partial charge in [0.2, 0.25) is 0 Å². The Bertz CT molecular complexity index is 442. The summed E-state index contributed by atoms with van der Waals surface area (Å²) in [4.78, 5) is 10.4. The molecule has 0 aliphatic carbocycles. The lowest BCUT2D eigenvalue weighted by molar-refractivity contribution is -0.131. The number of carbonyl (C=O) groups is 1. The Morgan fingerprint density at radius 1 is 1.60 bits per heavy atom. The smallest absolute Gasteiger partial charge is 0.330 e. The van der Waals surface area contributed by atoms with Gasteiger partial charge in [0.15, 0.2) is 0 Å². The minimum absolute atomic E-state index is 0.1000. The van der Waals surface area contributed by atoms with Crippen LogP contribution in [0.1, 0.15) is 0 Å². The normalized spacial score (nSPS) is 16.5. The summed E-state index contributed by atoms with van der Waals surface area (Å²) in [6.07, 6.45) is 1.02. The first kappa shape index (κ1) is 9.51. The van der Waals surface area contributed by atoms with Gasteiger partial charge in [-0.05, 0) is 12.1 Å². The summed E-state index contributed by atoms with van der Waals surface area (Å²) in [6, 6.07) is 4.03. The number of carboxylic acid groups (broad SMARTS) is 1. The topological polar surface area (TPSA) is 58.6 Å². The fraction of sp³-hybridized carbons (Fsp3) is 0.100. The summed E-state index contributed by atoms with van der Waals surface area (Å²) < 4.78 is 18.0. The third-order valence-corrected chi connectivity index (χ3v) is 1.92. The third kappa shape index (κ3) is 2.07. The van der Waals surface area contributed by atoms with Gasteiger partial charge in [0.1, 0.15) is 18.2 Å². The maximum atomic E-state index is 12.8. The molecule has 5 heteroatoms. The van der Waals surface area contributed by atoms with Gasteiger partial charge < -0.3 is 15.2 Å². The maximum absolute atomic E-state index is 12.8. The van der Waals surface area contributed by atoms with Gasteiger partial charge in [0, 0.05) is 12.1 Å². The molecule has 1 aliphatic rings. The molecule has 1 heterocycles. The molecule has 0 bridgehead atoms. The fourth-order valence-electron chi connectivity index (χ4n) is 1.31. The van der Waals surface area contributed by atoms with Gasteiger partial charge in [-0.1, -0.05) is 0 Å². The van der Waals surface area contributed by atoms with Crippen LogP contribution in [-0.4, -0.2) is 17.7 Å². The second kappa shape index (κ2) is 3.61. The highest BCUT2D eigenvalue weighted by Gasteiger charge is 2.14. The molecule has 78 valence electrons. The standard InChI is InChI=1S/C10H8FNO3/c11-6-1-2-8-9(3-6)15-5-7(12-8)4-10(13)14/h1-4,12H,5H2,(H,13,14)/b7-4-. The Morgan fingerprint density at radius 3 is 3.13 bits per heavy atom. The molecule has 0 saturated carbocycles. The van der Waals surface area contributed by atoms with E-state index in [1.54, 1.807) is 0 Å². The molecule has 0 atom stereocenters. The molecule has 0 radical (unpaired) electrons. The predicted octanol–water partition coefficient (Wildman–Crippen LogP) is 1.60. The van der Waals surface area contributed by atoms with Crippen molar-refractivity contribution in [3.8, 4) is 5.75 Å². The minimum atomic E-state index is -1.05. The molecular formula is C10H8FNO3. The number of hydrogen-bond acceptors (Lipinski definition) is 3. The van der Waals surface area contributed by atoms with Gasteiger partial charge in [-0.15, -0.1) is 0 Å². The fourth-order valence-corrected chi connectivity index (χ4v) is 1.31. The van der Waals surface area contributed by atoms with Gasteiger partial charge in [0.05, 0.1) is 11.4 Å². The molecule has 0 saturated heterocycles. The molecule has 1 aromatic rings. The number of rotatable bonds is 1. The Kier molecular flexibility index (Phi) is 2.29. The number of hydrogen-bond donors (Lipinski definition) is 2. The minimum Gasteiger partial charge on any atom is -0.485 e. The Morgan fingerprint density at radius 2 is 2.40 bits per heavy atom. The molecule has 1 aliphatic heterocycles. The van der Waals surface area contributed by atoms with Crippen molar-refractivity contribution in [2.24, 2.45) is 0 Å². The summed E-state index contributed by atoms with van der Waals surface area (Å²) in [7, 11) is 0. The highest BCUT2D eigenvalue weighted by atomic mass is 19.1. The second-order valence-electron chi connectivity index (χ2n) is 3.06. The monoisotopic (exact) mass is 209 g/mol. The van der Waals surface area contributed by atoms with Crippen LogP contribution in [0.25, 0.3) is 0 Å². The van der Waals surface area contributed by atoms with Gasteiger partial charge in [-0.2, -0.15) is 0 Å². The van der Waals surface area contributed by atoms with Gasteiger partial charge in [-0.3, -0.25) is 0 Å². The second-order valence-corrected chi connectivity index (χ2v) is 3.06. The van der Waals surface area contributed by atoms with Gasteiger partial charge in [0.25, 0.3) is 0 Å². The van der Waals surface area contributed by atoms with Crippen LogP contribution in [-0.2, 0) is 4.79 Å². The van der Waals surface area contributed by atoms with E-state index in [4.69, 9.17) is 9.84 Å². The van der Waals surface area contributed by atoms with Crippen molar-refractivity contribution in [3.05, 3.63) is 35.8 Å².